The van der Waals surface area contributed by atoms with Gasteiger partial charge < -0.3 is 10.0 Å². The Balaban J connectivity index is 2.14. The molecule has 0 saturated carbocycles. The summed E-state index contributed by atoms with van der Waals surface area (Å²) in [5, 5.41) is 9.84. The Kier molecular flexibility index (Phi) is 2.23. The Bertz CT molecular complexity index is 316. The van der Waals surface area contributed by atoms with Gasteiger partial charge in [0.2, 0.25) is 0 Å². The SMILES string of the molecule is Cc1ccc(N2CCC(C)(O)C2)cc1. The number of nitrogens with zero attached hydrogens (tertiary/aromatic N) is 1. The van der Waals surface area contributed by atoms with Gasteiger partial charge in [-0.3, -0.25) is 0 Å². The first kappa shape index (κ1) is 9.53. The molecule has 0 amide bonds. The molecule has 14 heavy (non-hydrogen) atoms. The summed E-state index contributed by atoms with van der Waals surface area (Å²) in [6.45, 7) is 5.69. The molecule has 1 aromatic rings. The van der Waals surface area contributed by atoms with Crippen LogP contribution in [-0.4, -0.2) is 23.8 Å². The van der Waals surface area contributed by atoms with Crippen molar-refractivity contribution < 1.29 is 5.11 Å². The molecule has 2 heteroatoms. The number of aliphatic hydroxyl groups is 1. The molecule has 0 aromatic heterocycles. The predicted octanol–water partition coefficient (Wildman–Crippen LogP) is 1.96. The van der Waals surface area contributed by atoms with Crippen molar-refractivity contribution in [2.75, 3.05) is 18.0 Å². The molecule has 0 spiro atoms. The van der Waals surface area contributed by atoms with Gasteiger partial charge in [0.15, 0.2) is 0 Å². The van der Waals surface area contributed by atoms with Gasteiger partial charge in [-0.15, -0.1) is 0 Å². The average Bonchev–Trinajstić information content (AvgIpc) is 2.47. The van der Waals surface area contributed by atoms with Crippen molar-refractivity contribution in [2.24, 2.45) is 0 Å². The van der Waals surface area contributed by atoms with E-state index in [2.05, 4.69) is 36.1 Å². The second-order valence-electron chi connectivity index (χ2n) is 4.50. The normalized spacial score (nSPS) is 26.9. The van der Waals surface area contributed by atoms with E-state index in [1.165, 1.54) is 11.3 Å². The minimum absolute atomic E-state index is 0.509. The topological polar surface area (TPSA) is 23.5 Å². The monoisotopic (exact) mass is 191 g/mol. The maximum Gasteiger partial charge on any atom is 0.0810 e. The lowest BCUT2D eigenvalue weighted by Crippen LogP contribution is -2.29. The smallest absolute Gasteiger partial charge is 0.0810 e. The Morgan fingerprint density at radius 3 is 2.43 bits per heavy atom. The second-order valence-corrected chi connectivity index (χ2v) is 4.50. The molecule has 0 bridgehead atoms. The van der Waals surface area contributed by atoms with E-state index in [0.29, 0.717) is 0 Å². The van der Waals surface area contributed by atoms with Crippen LogP contribution in [0.4, 0.5) is 5.69 Å². The molecule has 2 nitrogen and oxygen atoms in total. The van der Waals surface area contributed by atoms with E-state index >= 15 is 0 Å². The first-order chi connectivity index (χ1) is 6.57. The molecule has 0 radical (unpaired) electrons. The molecule has 1 saturated heterocycles. The largest absolute Gasteiger partial charge is 0.388 e. The van der Waals surface area contributed by atoms with Crippen molar-refractivity contribution in [3.63, 3.8) is 0 Å². The number of hydrogen-bond acceptors (Lipinski definition) is 2. The fourth-order valence-corrected chi connectivity index (χ4v) is 1.92. The molecule has 1 N–H and O–H groups in total. The number of benzene rings is 1. The summed E-state index contributed by atoms with van der Waals surface area (Å²) in [4.78, 5) is 2.24. The maximum atomic E-state index is 9.84. The zero-order chi connectivity index (χ0) is 10.2. The van der Waals surface area contributed by atoms with Gasteiger partial charge in [0, 0.05) is 18.8 Å². The van der Waals surface area contributed by atoms with Gasteiger partial charge >= 0.3 is 0 Å². The molecule has 1 fully saturated rings. The third-order valence-corrected chi connectivity index (χ3v) is 2.85. The van der Waals surface area contributed by atoms with Crippen LogP contribution < -0.4 is 4.90 Å². The van der Waals surface area contributed by atoms with Crippen molar-refractivity contribution in [1.29, 1.82) is 0 Å². The Hall–Kier alpha value is -1.02. The number of β-amino-alcohol motifs (C(OH)–C–C–N with tert-alkyl or cyclic N) is 1. The van der Waals surface area contributed by atoms with Crippen LogP contribution in [0.1, 0.15) is 18.9 Å². The molecule has 1 heterocycles. The number of aryl methyl sites for hydroxylation is 1. The highest BCUT2D eigenvalue weighted by atomic mass is 16.3. The van der Waals surface area contributed by atoms with Crippen LogP contribution in [0.5, 0.6) is 0 Å². The highest BCUT2D eigenvalue weighted by Crippen LogP contribution is 2.26. The molecule has 0 aliphatic carbocycles. The minimum atomic E-state index is -0.509. The van der Waals surface area contributed by atoms with E-state index in [1.807, 2.05) is 6.92 Å². The zero-order valence-corrected chi connectivity index (χ0v) is 8.83. The van der Waals surface area contributed by atoms with E-state index in [0.717, 1.165) is 19.5 Å². The maximum absolute atomic E-state index is 9.84. The average molecular weight is 191 g/mol. The standard InChI is InChI=1S/C12H17NO/c1-10-3-5-11(6-4-10)13-8-7-12(2,14)9-13/h3-6,14H,7-9H2,1-2H3. The van der Waals surface area contributed by atoms with Crippen molar-refractivity contribution in [3.8, 4) is 0 Å². The van der Waals surface area contributed by atoms with Crippen molar-refractivity contribution in [3.05, 3.63) is 29.8 Å². The highest BCUT2D eigenvalue weighted by molar-refractivity contribution is 5.48. The Labute approximate surface area is 85.2 Å². The fourth-order valence-electron chi connectivity index (χ4n) is 1.92. The summed E-state index contributed by atoms with van der Waals surface area (Å²) in [5.74, 6) is 0. The molecular weight excluding hydrogens is 174 g/mol. The summed E-state index contributed by atoms with van der Waals surface area (Å²) >= 11 is 0. The van der Waals surface area contributed by atoms with Crippen LogP contribution in [0.25, 0.3) is 0 Å². The van der Waals surface area contributed by atoms with Crippen LogP contribution in [-0.2, 0) is 0 Å². The molecule has 1 unspecified atom stereocenters. The summed E-state index contributed by atoms with van der Waals surface area (Å²) in [6.07, 6.45) is 0.862. The van der Waals surface area contributed by atoms with Gasteiger partial charge in [-0.25, -0.2) is 0 Å². The van der Waals surface area contributed by atoms with Crippen LogP contribution in [0.3, 0.4) is 0 Å². The third kappa shape index (κ3) is 1.90. The number of hydrogen-bond donors (Lipinski definition) is 1. The molecule has 1 atom stereocenters. The van der Waals surface area contributed by atoms with Crippen LogP contribution in [0.2, 0.25) is 0 Å². The van der Waals surface area contributed by atoms with Gasteiger partial charge in [0.05, 0.1) is 5.60 Å². The lowest BCUT2D eigenvalue weighted by atomic mass is 10.1. The highest BCUT2D eigenvalue weighted by Gasteiger charge is 2.31. The van der Waals surface area contributed by atoms with Crippen molar-refractivity contribution in [1.82, 2.24) is 0 Å². The Morgan fingerprint density at radius 1 is 1.29 bits per heavy atom. The summed E-state index contributed by atoms with van der Waals surface area (Å²) in [7, 11) is 0. The Morgan fingerprint density at radius 2 is 1.93 bits per heavy atom. The molecule has 1 aromatic carbocycles. The van der Waals surface area contributed by atoms with E-state index in [4.69, 9.17) is 0 Å². The lowest BCUT2D eigenvalue weighted by molar-refractivity contribution is 0.0839. The molecular formula is C12H17NO. The first-order valence-electron chi connectivity index (χ1n) is 5.11. The van der Waals surface area contributed by atoms with E-state index < -0.39 is 5.60 Å². The van der Waals surface area contributed by atoms with Gasteiger partial charge in [-0.1, -0.05) is 17.7 Å². The van der Waals surface area contributed by atoms with Gasteiger partial charge in [0.25, 0.3) is 0 Å². The molecule has 1 aliphatic rings. The molecule has 1 aliphatic heterocycles. The predicted molar refractivity (Wildman–Crippen MR) is 58.6 cm³/mol. The summed E-state index contributed by atoms with van der Waals surface area (Å²) in [5.41, 5.74) is 1.98. The third-order valence-electron chi connectivity index (χ3n) is 2.85. The quantitative estimate of drug-likeness (QED) is 0.733. The van der Waals surface area contributed by atoms with E-state index in [1.54, 1.807) is 0 Å². The van der Waals surface area contributed by atoms with Gasteiger partial charge in [-0.2, -0.15) is 0 Å². The number of rotatable bonds is 1. The summed E-state index contributed by atoms with van der Waals surface area (Å²) < 4.78 is 0. The van der Waals surface area contributed by atoms with E-state index in [9.17, 15) is 5.11 Å². The minimum Gasteiger partial charge on any atom is -0.388 e. The van der Waals surface area contributed by atoms with Crippen LogP contribution in [0.15, 0.2) is 24.3 Å². The molecule has 2 rings (SSSR count). The van der Waals surface area contributed by atoms with Crippen LogP contribution >= 0.6 is 0 Å². The van der Waals surface area contributed by atoms with Crippen LogP contribution in [0, 0.1) is 6.92 Å². The summed E-state index contributed by atoms with van der Waals surface area (Å²) in [6, 6.07) is 8.47. The van der Waals surface area contributed by atoms with Gasteiger partial charge in [0.1, 0.15) is 0 Å². The zero-order valence-electron chi connectivity index (χ0n) is 8.83. The fraction of sp³-hybridized carbons (Fsp3) is 0.500. The first-order valence-corrected chi connectivity index (χ1v) is 5.11. The molecule has 76 valence electrons. The lowest BCUT2D eigenvalue weighted by Gasteiger charge is -2.20. The van der Waals surface area contributed by atoms with Gasteiger partial charge in [-0.05, 0) is 32.4 Å². The van der Waals surface area contributed by atoms with Crippen molar-refractivity contribution in [2.45, 2.75) is 25.9 Å². The van der Waals surface area contributed by atoms with E-state index in [-0.39, 0.29) is 0 Å². The second kappa shape index (κ2) is 3.28. The number of anilines is 1. The van der Waals surface area contributed by atoms with Crippen molar-refractivity contribution >= 4 is 5.69 Å².